The number of benzene rings is 1. The molecule has 2 N–H and O–H groups in total. The zero-order valence-corrected chi connectivity index (χ0v) is 8.90. The summed E-state index contributed by atoms with van der Waals surface area (Å²) < 4.78 is 18.4. The van der Waals surface area contributed by atoms with Gasteiger partial charge in [0.2, 0.25) is 0 Å². The topological polar surface area (TPSA) is 35.2 Å². The van der Waals surface area contributed by atoms with Crippen molar-refractivity contribution in [2.45, 2.75) is 20.0 Å². The molecule has 0 aliphatic rings. The molecular formula is C10H12FNOS. The lowest BCUT2D eigenvalue weighted by Crippen LogP contribution is -2.29. The normalized spacial score (nSPS) is 12.2. The molecule has 0 aromatic heterocycles. The van der Waals surface area contributed by atoms with Gasteiger partial charge in [-0.1, -0.05) is 18.3 Å². The van der Waals surface area contributed by atoms with E-state index in [-0.39, 0.29) is 10.7 Å². The first-order valence-electron chi connectivity index (χ1n) is 4.23. The van der Waals surface area contributed by atoms with Gasteiger partial charge in [0.05, 0.1) is 0 Å². The second kappa shape index (κ2) is 4.37. The molecule has 1 aromatic rings. The molecule has 0 amide bonds. The molecular weight excluding hydrogens is 201 g/mol. The summed E-state index contributed by atoms with van der Waals surface area (Å²) in [6.45, 7) is 3.54. The van der Waals surface area contributed by atoms with Crippen LogP contribution in [0.1, 0.15) is 12.5 Å². The summed E-state index contributed by atoms with van der Waals surface area (Å²) >= 11 is 4.72. The molecule has 0 spiro atoms. The number of halogens is 1. The highest BCUT2D eigenvalue weighted by molar-refractivity contribution is 7.80. The quantitative estimate of drug-likeness (QED) is 0.782. The van der Waals surface area contributed by atoms with E-state index < -0.39 is 11.9 Å². The molecule has 0 radical (unpaired) electrons. The molecule has 0 aliphatic heterocycles. The van der Waals surface area contributed by atoms with Gasteiger partial charge in [0.1, 0.15) is 11.1 Å². The van der Waals surface area contributed by atoms with Gasteiger partial charge in [0, 0.05) is 0 Å². The van der Waals surface area contributed by atoms with E-state index in [0.717, 1.165) is 5.56 Å². The molecule has 1 atom stereocenters. The van der Waals surface area contributed by atoms with Crippen molar-refractivity contribution in [2.75, 3.05) is 0 Å². The molecule has 2 nitrogen and oxygen atoms in total. The van der Waals surface area contributed by atoms with E-state index in [1.807, 2.05) is 6.92 Å². The minimum atomic E-state index is -0.457. The molecule has 1 rings (SSSR count). The Morgan fingerprint density at radius 2 is 2.21 bits per heavy atom. The van der Waals surface area contributed by atoms with Crippen LogP contribution in [0.25, 0.3) is 0 Å². The van der Waals surface area contributed by atoms with Crippen molar-refractivity contribution in [3.8, 4) is 5.75 Å². The number of nitrogens with two attached hydrogens (primary N) is 1. The molecule has 0 fully saturated rings. The maximum Gasteiger partial charge on any atom is 0.165 e. The number of rotatable bonds is 3. The van der Waals surface area contributed by atoms with Gasteiger partial charge in [0.15, 0.2) is 11.6 Å². The Balaban J connectivity index is 2.85. The van der Waals surface area contributed by atoms with E-state index in [9.17, 15) is 4.39 Å². The third-order valence-electron chi connectivity index (χ3n) is 1.79. The maximum absolute atomic E-state index is 13.2. The van der Waals surface area contributed by atoms with Gasteiger partial charge in [0.25, 0.3) is 0 Å². The van der Waals surface area contributed by atoms with Crippen LogP contribution in [0.15, 0.2) is 18.2 Å². The zero-order valence-electron chi connectivity index (χ0n) is 8.08. The smallest absolute Gasteiger partial charge is 0.165 e. The van der Waals surface area contributed by atoms with Crippen LogP contribution in [-0.4, -0.2) is 11.1 Å². The van der Waals surface area contributed by atoms with Gasteiger partial charge in [-0.2, -0.15) is 0 Å². The summed E-state index contributed by atoms with van der Waals surface area (Å²) in [6.07, 6.45) is -0.457. The van der Waals surface area contributed by atoms with Crippen molar-refractivity contribution in [2.24, 2.45) is 5.73 Å². The number of hydrogen-bond acceptors (Lipinski definition) is 2. The van der Waals surface area contributed by atoms with Crippen molar-refractivity contribution >= 4 is 17.2 Å². The van der Waals surface area contributed by atoms with Crippen molar-refractivity contribution in [3.05, 3.63) is 29.6 Å². The Kier molecular flexibility index (Phi) is 3.41. The minimum absolute atomic E-state index is 0.185. The molecule has 4 heteroatoms. The summed E-state index contributed by atoms with van der Waals surface area (Å²) in [4.78, 5) is 0.214. The summed E-state index contributed by atoms with van der Waals surface area (Å²) in [7, 11) is 0. The average molecular weight is 213 g/mol. The second-order valence-corrected chi connectivity index (χ2v) is 3.57. The van der Waals surface area contributed by atoms with E-state index in [0.29, 0.717) is 0 Å². The van der Waals surface area contributed by atoms with Gasteiger partial charge in [-0.3, -0.25) is 0 Å². The molecule has 1 unspecified atom stereocenters. The standard InChI is InChI=1S/C10H12FNOS/c1-6-3-4-8(11)9(5-6)13-7(2)10(12)14/h3-5,7H,1-2H3,(H2,12,14). The first kappa shape index (κ1) is 10.9. The van der Waals surface area contributed by atoms with Crippen LogP contribution < -0.4 is 10.5 Å². The highest BCUT2D eigenvalue weighted by Crippen LogP contribution is 2.19. The SMILES string of the molecule is Cc1ccc(F)c(OC(C)C(N)=S)c1. The molecule has 0 saturated carbocycles. The lowest BCUT2D eigenvalue weighted by atomic mass is 10.2. The molecule has 1 aromatic carbocycles. The summed E-state index contributed by atoms with van der Waals surface area (Å²) in [5.74, 6) is -0.219. The van der Waals surface area contributed by atoms with Crippen LogP contribution in [0.3, 0.4) is 0 Å². The van der Waals surface area contributed by atoms with Crippen molar-refractivity contribution in [3.63, 3.8) is 0 Å². The zero-order chi connectivity index (χ0) is 10.7. The Morgan fingerprint density at radius 1 is 1.57 bits per heavy atom. The second-order valence-electron chi connectivity index (χ2n) is 3.10. The molecule has 76 valence electrons. The van der Waals surface area contributed by atoms with Gasteiger partial charge in [-0.15, -0.1) is 0 Å². The lowest BCUT2D eigenvalue weighted by molar-refractivity contribution is 0.274. The largest absolute Gasteiger partial charge is 0.481 e. The van der Waals surface area contributed by atoms with Crippen LogP contribution >= 0.6 is 12.2 Å². The van der Waals surface area contributed by atoms with E-state index in [2.05, 4.69) is 0 Å². The Bertz CT molecular complexity index is 354. The summed E-state index contributed by atoms with van der Waals surface area (Å²) in [5.41, 5.74) is 6.28. The van der Waals surface area contributed by atoms with E-state index >= 15 is 0 Å². The van der Waals surface area contributed by atoms with Gasteiger partial charge in [-0.25, -0.2) is 4.39 Å². The van der Waals surface area contributed by atoms with Crippen molar-refractivity contribution in [1.29, 1.82) is 0 Å². The number of thiocarbonyl (C=S) groups is 1. The van der Waals surface area contributed by atoms with Crippen LogP contribution in [0.2, 0.25) is 0 Å². The fourth-order valence-electron chi connectivity index (χ4n) is 0.949. The van der Waals surface area contributed by atoms with E-state index in [1.165, 1.54) is 6.07 Å². The summed E-state index contributed by atoms with van der Waals surface area (Å²) in [6, 6.07) is 4.65. The van der Waals surface area contributed by atoms with E-state index in [1.54, 1.807) is 19.1 Å². The monoisotopic (exact) mass is 213 g/mol. The molecule has 14 heavy (non-hydrogen) atoms. The predicted octanol–water partition coefficient (Wildman–Crippen LogP) is 2.19. The third kappa shape index (κ3) is 2.67. The van der Waals surface area contributed by atoms with Crippen LogP contribution in [0.5, 0.6) is 5.75 Å². The van der Waals surface area contributed by atoms with Crippen molar-refractivity contribution in [1.82, 2.24) is 0 Å². The number of ether oxygens (including phenoxy) is 1. The number of hydrogen-bond donors (Lipinski definition) is 1. The lowest BCUT2D eigenvalue weighted by Gasteiger charge is -2.13. The first-order valence-corrected chi connectivity index (χ1v) is 4.63. The van der Waals surface area contributed by atoms with Gasteiger partial charge >= 0.3 is 0 Å². The first-order chi connectivity index (χ1) is 6.50. The van der Waals surface area contributed by atoms with Crippen molar-refractivity contribution < 1.29 is 9.13 Å². The Morgan fingerprint density at radius 3 is 2.79 bits per heavy atom. The van der Waals surface area contributed by atoms with Gasteiger partial charge in [-0.05, 0) is 31.5 Å². The fraction of sp³-hybridized carbons (Fsp3) is 0.300. The molecule has 0 saturated heterocycles. The highest BCUT2D eigenvalue weighted by atomic mass is 32.1. The molecule has 0 aliphatic carbocycles. The van der Waals surface area contributed by atoms with Crippen LogP contribution in [0.4, 0.5) is 4.39 Å². The van der Waals surface area contributed by atoms with Crippen LogP contribution in [0, 0.1) is 12.7 Å². The predicted molar refractivity (Wildman–Crippen MR) is 58.0 cm³/mol. The Labute approximate surface area is 87.9 Å². The average Bonchev–Trinajstić information content (AvgIpc) is 2.11. The van der Waals surface area contributed by atoms with Crippen LogP contribution in [-0.2, 0) is 0 Å². The minimum Gasteiger partial charge on any atom is -0.481 e. The van der Waals surface area contributed by atoms with Gasteiger partial charge < -0.3 is 10.5 Å². The third-order valence-corrected chi connectivity index (χ3v) is 2.12. The fourth-order valence-corrected chi connectivity index (χ4v) is 0.998. The Hall–Kier alpha value is -1.16. The summed E-state index contributed by atoms with van der Waals surface area (Å²) in [5, 5.41) is 0. The molecule has 0 heterocycles. The van der Waals surface area contributed by atoms with E-state index in [4.69, 9.17) is 22.7 Å². The number of aryl methyl sites for hydroxylation is 1. The maximum atomic E-state index is 13.2. The highest BCUT2D eigenvalue weighted by Gasteiger charge is 2.10. The molecule has 0 bridgehead atoms.